The summed E-state index contributed by atoms with van der Waals surface area (Å²) in [6, 6.07) is 27.6. The first kappa shape index (κ1) is 27.5. The zero-order chi connectivity index (χ0) is 29.4. The van der Waals surface area contributed by atoms with E-state index in [1.54, 1.807) is 31.2 Å². The predicted molar refractivity (Wildman–Crippen MR) is 162 cm³/mol. The molecule has 0 aliphatic carbocycles. The highest BCUT2D eigenvalue weighted by Crippen LogP contribution is 2.44. The van der Waals surface area contributed by atoms with Gasteiger partial charge in [0.2, 0.25) is 11.6 Å². The zero-order valence-corrected chi connectivity index (χ0v) is 24.5. The van der Waals surface area contributed by atoms with E-state index in [4.69, 9.17) is 36.0 Å². The number of nitriles is 1. The minimum atomic E-state index is -0.637. The average molecular weight is 642 g/mol. The molecule has 9 heteroatoms. The number of benzene rings is 4. The molecule has 1 aliphatic rings. The zero-order valence-electron chi connectivity index (χ0n) is 22.2. The van der Waals surface area contributed by atoms with Gasteiger partial charge < -0.3 is 24.4 Å². The highest BCUT2D eigenvalue weighted by atomic mass is 79.9. The van der Waals surface area contributed by atoms with Gasteiger partial charge in [0.1, 0.15) is 41.1 Å². The minimum absolute atomic E-state index is 0.0137. The molecule has 0 fully saturated rings. The maximum absolute atomic E-state index is 13.0. The Kier molecular flexibility index (Phi) is 7.38. The van der Waals surface area contributed by atoms with E-state index < -0.39 is 11.9 Å². The number of allylic oxidation sites excluding steroid dienone is 1. The molecule has 5 aromatic rings. The van der Waals surface area contributed by atoms with E-state index >= 15 is 0 Å². The van der Waals surface area contributed by atoms with Gasteiger partial charge in [-0.05, 0) is 66.6 Å². The van der Waals surface area contributed by atoms with Crippen molar-refractivity contribution in [2.45, 2.75) is 19.4 Å². The molecule has 0 saturated heterocycles. The van der Waals surface area contributed by atoms with Gasteiger partial charge in [-0.15, -0.1) is 0 Å². The van der Waals surface area contributed by atoms with Crippen LogP contribution in [-0.2, 0) is 6.61 Å². The Morgan fingerprint density at radius 3 is 2.50 bits per heavy atom. The van der Waals surface area contributed by atoms with E-state index in [2.05, 4.69) is 22.0 Å². The van der Waals surface area contributed by atoms with Crippen LogP contribution in [0.25, 0.3) is 11.0 Å². The van der Waals surface area contributed by atoms with Gasteiger partial charge in [0.05, 0.1) is 5.92 Å². The van der Waals surface area contributed by atoms with Crippen LogP contribution in [0.1, 0.15) is 38.7 Å². The highest BCUT2D eigenvalue weighted by Gasteiger charge is 2.31. The van der Waals surface area contributed by atoms with Crippen LogP contribution in [0.3, 0.4) is 0 Å². The quantitative estimate of drug-likeness (QED) is 0.147. The van der Waals surface area contributed by atoms with Crippen molar-refractivity contribution in [3.05, 3.63) is 134 Å². The molecule has 7 nitrogen and oxygen atoms in total. The summed E-state index contributed by atoms with van der Waals surface area (Å²) < 4.78 is 24.0. The summed E-state index contributed by atoms with van der Waals surface area (Å²) in [6.45, 7) is 2.19. The molecule has 0 amide bonds. The van der Waals surface area contributed by atoms with Gasteiger partial charge >= 0.3 is 5.97 Å². The topological polar surface area (TPSA) is 108 Å². The van der Waals surface area contributed by atoms with Crippen molar-refractivity contribution in [2.75, 3.05) is 0 Å². The van der Waals surface area contributed by atoms with Crippen molar-refractivity contribution >= 4 is 44.5 Å². The molecule has 208 valence electrons. The lowest BCUT2D eigenvalue weighted by molar-refractivity contribution is 0.0702. The summed E-state index contributed by atoms with van der Waals surface area (Å²) in [6.07, 6.45) is 0. The van der Waals surface area contributed by atoms with E-state index in [1.807, 2.05) is 60.7 Å². The molecule has 1 aliphatic heterocycles. The second kappa shape index (κ2) is 11.3. The van der Waals surface area contributed by atoms with Crippen LogP contribution in [0.4, 0.5) is 0 Å². The highest BCUT2D eigenvalue weighted by molar-refractivity contribution is 9.10. The lowest BCUT2D eigenvalue weighted by Crippen LogP contribution is -2.21. The number of esters is 1. The predicted octanol–water partition coefficient (Wildman–Crippen LogP) is 8.17. The summed E-state index contributed by atoms with van der Waals surface area (Å²) in [5.41, 5.74) is 10.2. The summed E-state index contributed by atoms with van der Waals surface area (Å²) in [7, 11) is 0. The number of hydrogen-bond acceptors (Lipinski definition) is 7. The molecule has 2 N–H and O–H groups in total. The van der Waals surface area contributed by atoms with Crippen molar-refractivity contribution in [2.24, 2.45) is 5.73 Å². The average Bonchev–Trinajstić information content (AvgIpc) is 3.32. The third-order valence-corrected chi connectivity index (χ3v) is 7.76. The number of ether oxygens (including phenoxy) is 3. The fourth-order valence-electron chi connectivity index (χ4n) is 4.89. The Bertz CT molecular complexity index is 1910. The van der Waals surface area contributed by atoms with E-state index in [0.717, 1.165) is 21.0 Å². The molecule has 1 atom stereocenters. The normalized spacial score (nSPS) is 14.2. The van der Waals surface area contributed by atoms with Gasteiger partial charge in [-0.1, -0.05) is 57.9 Å². The number of carbonyl (C=O) groups excluding carboxylic acids is 1. The molecule has 0 radical (unpaired) electrons. The van der Waals surface area contributed by atoms with Crippen LogP contribution in [0.15, 0.2) is 105 Å². The molecule has 2 heterocycles. The first-order valence-corrected chi connectivity index (χ1v) is 14.1. The van der Waals surface area contributed by atoms with Crippen LogP contribution < -0.4 is 19.9 Å². The Morgan fingerprint density at radius 2 is 1.76 bits per heavy atom. The van der Waals surface area contributed by atoms with E-state index in [0.29, 0.717) is 39.8 Å². The standard InChI is InChI=1S/C33H22BrClN2O5/c1-18-26-14-21(34)6-13-28(26)41-31(18)33(38)40-24-11-12-25-29(15-24)42-32(37)27(16-36)30(25)20-4-9-23(10-5-20)39-17-19-2-7-22(35)8-3-19/h2-15,30H,17,37H2,1H3. The smallest absolute Gasteiger partial charge is 0.379 e. The van der Waals surface area contributed by atoms with Gasteiger partial charge in [-0.3, -0.25) is 0 Å². The number of rotatable bonds is 6. The third-order valence-electron chi connectivity index (χ3n) is 7.02. The number of nitrogens with two attached hydrogens (primary N) is 1. The van der Waals surface area contributed by atoms with Gasteiger partial charge in [0, 0.05) is 32.1 Å². The van der Waals surface area contributed by atoms with Crippen LogP contribution >= 0.6 is 27.5 Å². The first-order valence-electron chi connectivity index (χ1n) is 12.9. The summed E-state index contributed by atoms with van der Waals surface area (Å²) >= 11 is 9.40. The molecule has 0 saturated carbocycles. The lowest BCUT2D eigenvalue weighted by Gasteiger charge is -2.26. The molecule has 4 aromatic carbocycles. The number of halogens is 2. The van der Waals surface area contributed by atoms with Crippen molar-refractivity contribution < 1.29 is 23.4 Å². The Labute approximate surface area is 254 Å². The van der Waals surface area contributed by atoms with E-state index in [1.165, 1.54) is 0 Å². The van der Waals surface area contributed by atoms with Crippen LogP contribution in [-0.4, -0.2) is 5.97 Å². The lowest BCUT2D eigenvalue weighted by atomic mass is 9.83. The van der Waals surface area contributed by atoms with Crippen LogP contribution in [0.5, 0.6) is 17.2 Å². The van der Waals surface area contributed by atoms with Crippen LogP contribution in [0, 0.1) is 18.3 Å². The fraction of sp³-hybridized carbons (Fsp3) is 0.0909. The molecule has 1 aromatic heterocycles. The summed E-state index contributed by atoms with van der Waals surface area (Å²) in [5.74, 6) is 0.289. The first-order chi connectivity index (χ1) is 20.3. The molecular formula is C33H22BrClN2O5. The van der Waals surface area contributed by atoms with Gasteiger partial charge in [0.15, 0.2) is 0 Å². The molecular weight excluding hydrogens is 620 g/mol. The summed E-state index contributed by atoms with van der Waals surface area (Å²) in [4.78, 5) is 13.0. The second-order valence-corrected chi connectivity index (χ2v) is 11.0. The number of fused-ring (bicyclic) bond motifs is 2. The number of aryl methyl sites for hydroxylation is 1. The molecule has 42 heavy (non-hydrogen) atoms. The molecule has 6 rings (SSSR count). The maximum Gasteiger partial charge on any atom is 0.379 e. The summed E-state index contributed by atoms with van der Waals surface area (Å²) in [5, 5.41) is 11.4. The van der Waals surface area contributed by atoms with Crippen molar-refractivity contribution in [1.82, 2.24) is 0 Å². The van der Waals surface area contributed by atoms with Crippen molar-refractivity contribution in [1.29, 1.82) is 5.26 Å². The Balaban J connectivity index is 1.24. The number of nitrogens with zero attached hydrogens (tertiary/aromatic N) is 1. The van der Waals surface area contributed by atoms with E-state index in [-0.39, 0.29) is 23.0 Å². The molecule has 1 unspecified atom stereocenters. The monoisotopic (exact) mass is 640 g/mol. The van der Waals surface area contributed by atoms with Gasteiger partial charge in [0.25, 0.3) is 0 Å². The SMILES string of the molecule is Cc1c(C(=O)Oc2ccc3c(c2)OC(N)=C(C#N)C3c2ccc(OCc3ccc(Cl)cc3)cc2)oc2ccc(Br)cc12. The Hall–Kier alpha value is -4.71. The third kappa shape index (κ3) is 5.32. The van der Waals surface area contributed by atoms with Crippen LogP contribution in [0.2, 0.25) is 5.02 Å². The number of carbonyl (C=O) groups is 1. The Morgan fingerprint density at radius 1 is 1.02 bits per heavy atom. The second-order valence-electron chi connectivity index (χ2n) is 9.69. The van der Waals surface area contributed by atoms with Crippen molar-refractivity contribution in [3.63, 3.8) is 0 Å². The molecule has 0 spiro atoms. The number of hydrogen-bond donors (Lipinski definition) is 1. The molecule has 0 bridgehead atoms. The van der Waals surface area contributed by atoms with Gasteiger partial charge in [-0.2, -0.15) is 5.26 Å². The van der Waals surface area contributed by atoms with E-state index in [9.17, 15) is 10.1 Å². The van der Waals surface area contributed by atoms with Crippen molar-refractivity contribution in [3.8, 4) is 23.3 Å². The minimum Gasteiger partial charge on any atom is -0.489 e. The fourth-order valence-corrected chi connectivity index (χ4v) is 5.37. The largest absolute Gasteiger partial charge is 0.489 e. The van der Waals surface area contributed by atoms with Gasteiger partial charge in [-0.25, -0.2) is 4.79 Å². The number of furan rings is 1. The maximum atomic E-state index is 13.0.